The third-order valence-corrected chi connectivity index (χ3v) is 2.68. The van der Waals surface area contributed by atoms with Crippen molar-refractivity contribution in [3.8, 4) is 0 Å². The number of nitrogens with zero attached hydrogens (tertiary/aromatic N) is 3. The van der Waals surface area contributed by atoms with Crippen LogP contribution in [0.5, 0.6) is 0 Å². The molecule has 4 N–H and O–H groups in total. The van der Waals surface area contributed by atoms with Crippen molar-refractivity contribution in [2.45, 2.75) is 0 Å². The van der Waals surface area contributed by atoms with Gasteiger partial charge in [0.1, 0.15) is 17.5 Å². The lowest BCUT2D eigenvalue weighted by Gasteiger charge is -2.08. The third kappa shape index (κ3) is 2.96. The monoisotopic (exact) mass is 295 g/mol. The maximum absolute atomic E-state index is 13.1. The van der Waals surface area contributed by atoms with Crippen molar-refractivity contribution in [1.29, 1.82) is 0 Å². The molecule has 2 aromatic rings. The van der Waals surface area contributed by atoms with Gasteiger partial charge < -0.3 is 16.3 Å². The molecule has 0 saturated carbocycles. The van der Waals surface area contributed by atoms with Crippen LogP contribution in [0.1, 0.15) is 15.9 Å². The number of halogens is 2. The molecule has 0 bridgehead atoms. The number of amides is 1. The van der Waals surface area contributed by atoms with Gasteiger partial charge in [0.15, 0.2) is 5.84 Å². The molecule has 0 aliphatic heterocycles. The van der Waals surface area contributed by atoms with Crippen LogP contribution in [0.3, 0.4) is 0 Å². The fraction of sp³-hybridized carbons (Fsp3) is 0.0833. The van der Waals surface area contributed by atoms with E-state index in [-0.39, 0.29) is 22.8 Å². The highest BCUT2D eigenvalue weighted by atomic mass is 19.1. The van der Waals surface area contributed by atoms with E-state index in [2.05, 4.69) is 15.6 Å². The van der Waals surface area contributed by atoms with Crippen molar-refractivity contribution in [2.24, 2.45) is 17.9 Å². The van der Waals surface area contributed by atoms with E-state index < -0.39 is 17.5 Å². The number of carbonyl (C=O) groups is 1. The van der Waals surface area contributed by atoms with Crippen LogP contribution in [0.2, 0.25) is 0 Å². The average Bonchev–Trinajstić information content (AvgIpc) is 2.78. The Hall–Kier alpha value is -2.97. The van der Waals surface area contributed by atoms with Crippen LogP contribution in [0.25, 0.3) is 0 Å². The average molecular weight is 295 g/mol. The quantitative estimate of drug-likeness (QED) is 0.340. The summed E-state index contributed by atoms with van der Waals surface area (Å²) in [6, 6.07) is 2.43. The number of anilines is 1. The van der Waals surface area contributed by atoms with Crippen LogP contribution in [-0.4, -0.2) is 26.7 Å². The van der Waals surface area contributed by atoms with Crippen LogP contribution in [-0.2, 0) is 7.05 Å². The normalized spacial score (nSPS) is 11.5. The second-order valence-corrected chi connectivity index (χ2v) is 4.13. The standard InChI is InChI=1S/C12H11F2N5O2/c1-19-11(9(5-16-19)10(15)18-21)17-12(20)6-2-7(13)4-8(14)3-6/h2-5,21H,1H3,(H2,15,18)(H,17,20). The summed E-state index contributed by atoms with van der Waals surface area (Å²) < 4.78 is 27.5. The molecule has 0 saturated heterocycles. The van der Waals surface area contributed by atoms with E-state index in [4.69, 9.17) is 10.9 Å². The fourth-order valence-corrected chi connectivity index (χ4v) is 1.69. The van der Waals surface area contributed by atoms with E-state index in [9.17, 15) is 13.6 Å². The van der Waals surface area contributed by atoms with Gasteiger partial charge in [-0.3, -0.25) is 9.48 Å². The Morgan fingerprint density at radius 3 is 2.57 bits per heavy atom. The molecular weight excluding hydrogens is 284 g/mol. The minimum absolute atomic E-state index is 0.125. The molecule has 0 aliphatic carbocycles. The van der Waals surface area contributed by atoms with E-state index in [1.807, 2.05) is 0 Å². The number of oxime groups is 1. The predicted octanol–water partition coefficient (Wildman–Crippen LogP) is 1.05. The molecule has 0 aliphatic rings. The number of benzene rings is 1. The van der Waals surface area contributed by atoms with E-state index in [0.29, 0.717) is 6.07 Å². The van der Waals surface area contributed by atoms with Gasteiger partial charge in [0.25, 0.3) is 5.91 Å². The first-order chi connectivity index (χ1) is 9.92. The van der Waals surface area contributed by atoms with E-state index in [1.165, 1.54) is 17.9 Å². The van der Waals surface area contributed by atoms with Gasteiger partial charge in [-0.1, -0.05) is 5.16 Å². The number of hydrogen-bond acceptors (Lipinski definition) is 4. The van der Waals surface area contributed by atoms with Crippen molar-refractivity contribution in [3.05, 3.63) is 47.2 Å². The van der Waals surface area contributed by atoms with E-state index in [1.54, 1.807) is 0 Å². The molecule has 1 amide bonds. The molecule has 1 aromatic heterocycles. The zero-order chi connectivity index (χ0) is 15.6. The molecular formula is C12H11F2N5O2. The van der Waals surface area contributed by atoms with Gasteiger partial charge in [-0.2, -0.15) is 5.10 Å². The SMILES string of the molecule is Cn1ncc(C(N)=NO)c1NC(=O)c1cc(F)cc(F)c1. The molecule has 21 heavy (non-hydrogen) atoms. The molecule has 0 fully saturated rings. The fourth-order valence-electron chi connectivity index (χ4n) is 1.69. The number of hydrogen-bond donors (Lipinski definition) is 3. The molecule has 7 nitrogen and oxygen atoms in total. The topological polar surface area (TPSA) is 106 Å². The molecule has 1 heterocycles. The molecule has 1 aromatic carbocycles. The van der Waals surface area contributed by atoms with Gasteiger partial charge in [-0.25, -0.2) is 8.78 Å². The Bertz CT molecular complexity index is 706. The Kier molecular flexibility index (Phi) is 3.83. The Morgan fingerprint density at radius 2 is 2.00 bits per heavy atom. The first-order valence-electron chi connectivity index (χ1n) is 5.69. The van der Waals surface area contributed by atoms with E-state index >= 15 is 0 Å². The van der Waals surface area contributed by atoms with Crippen LogP contribution in [0.15, 0.2) is 29.6 Å². The number of carbonyl (C=O) groups excluding carboxylic acids is 1. The van der Waals surface area contributed by atoms with Gasteiger partial charge >= 0.3 is 0 Å². The van der Waals surface area contributed by atoms with Crippen molar-refractivity contribution in [1.82, 2.24) is 9.78 Å². The van der Waals surface area contributed by atoms with Crippen LogP contribution in [0.4, 0.5) is 14.6 Å². The van der Waals surface area contributed by atoms with Gasteiger partial charge in [-0.15, -0.1) is 0 Å². The second-order valence-electron chi connectivity index (χ2n) is 4.13. The van der Waals surface area contributed by atoms with Crippen molar-refractivity contribution < 1.29 is 18.8 Å². The molecule has 0 radical (unpaired) electrons. The Labute approximate surface area is 117 Å². The lowest BCUT2D eigenvalue weighted by molar-refractivity contribution is 0.102. The van der Waals surface area contributed by atoms with Crippen molar-refractivity contribution >= 4 is 17.6 Å². The third-order valence-electron chi connectivity index (χ3n) is 2.68. The molecule has 9 heteroatoms. The van der Waals surface area contributed by atoms with Gasteiger partial charge in [0.05, 0.1) is 11.8 Å². The van der Waals surface area contributed by atoms with Crippen molar-refractivity contribution in [3.63, 3.8) is 0 Å². The number of nitrogens with two attached hydrogens (primary N) is 1. The predicted molar refractivity (Wildman–Crippen MR) is 70.0 cm³/mol. The number of rotatable bonds is 3. The molecule has 0 spiro atoms. The summed E-state index contributed by atoms with van der Waals surface area (Å²) in [5, 5.41) is 17.7. The van der Waals surface area contributed by atoms with Gasteiger partial charge in [0.2, 0.25) is 0 Å². The minimum Gasteiger partial charge on any atom is -0.409 e. The number of nitrogens with one attached hydrogen (secondary N) is 1. The number of aryl methyl sites for hydroxylation is 1. The van der Waals surface area contributed by atoms with Crippen molar-refractivity contribution in [2.75, 3.05) is 5.32 Å². The minimum atomic E-state index is -0.873. The maximum atomic E-state index is 13.1. The van der Waals surface area contributed by atoms with Gasteiger partial charge in [0, 0.05) is 18.7 Å². The highest BCUT2D eigenvalue weighted by molar-refractivity contribution is 6.09. The van der Waals surface area contributed by atoms with Gasteiger partial charge in [-0.05, 0) is 12.1 Å². The van der Waals surface area contributed by atoms with Crippen LogP contribution < -0.4 is 11.1 Å². The molecule has 2 rings (SSSR count). The number of aromatic nitrogens is 2. The zero-order valence-electron chi connectivity index (χ0n) is 10.8. The highest BCUT2D eigenvalue weighted by Gasteiger charge is 2.17. The summed E-state index contributed by atoms with van der Waals surface area (Å²) >= 11 is 0. The first-order valence-corrected chi connectivity index (χ1v) is 5.69. The summed E-state index contributed by atoms with van der Waals surface area (Å²) in [7, 11) is 1.51. The smallest absolute Gasteiger partial charge is 0.257 e. The Morgan fingerprint density at radius 1 is 1.38 bits per heavy atom. The van der Waals surface area contributed by atoms with Crippen LogP contribution >= 0.6 is 0 Å². The summed E-state index contributed by atoms with van der Waals surface area (Å²) in [6.07, 6.45) is 1.27. The zero-order valence-corrected chi connectivity index (χ0v) is 10.8. The maximum Gasteiger partial charge on any atom is 0.257 e. The summed E-state index contributed by atoms with van der Waals surface area (Å²) in [4.78, 5) is 12.0. The van der Waals surface area contributed by atoms with E-state index in [0.717, 1.165) is 12.1 Å². The number of amidine groups is 1. The van der Waals surface area contributed by atoms with Crippen LogP contribution in [0, 0.1) is 11.6 Å². The first kappa shape index (κ1) is 14.4. The molecule has 0 unspecified atom stereocenters. The summed E-state index contributed by atoms with van der Waals surface area (Å²) in [5.74, 6) is -2.64. The summed E-state index contributed by atoms with van der Waals surface area (Å²) in [6.45, 7) is 0. The highest BCUT2D eigenvalue weighted by Crippen LogP contribution is 2.16. The summed E-state index contributed by atoms with van der Waals surface area (Å²) in [5.41, 5.74) is 5.41. The lowest BCUT2D eigenvalue weighted by Crippen LogP contribution is -2.20. The molecule has 0 atom stereocenters. The lowest BCUT2D eigenvalue weighted by atomic mass is 10.2. The second kappa shape index (κ2) is 5.57. The largest absolute Gasteiger partial charge is 0.409 e. The molecule has 110 valence electrons. The Balaban J connectivity index is 2.34.